The zero-order valence-corrected chi connectivity index (χ0v) is 13.1. The van der Waals surface area contributed by atoms with Gasteiger partial charge in [0, 0.05) is 29.2 Å². The lowest BCUT2D eigenvalue weighted by Gasteiger charge is -2.14. The van der Waals surface area contributed by atoms with Crippen LogP contribution in [0.2, 0.25) is 5.02 Å². The standard InChI is InChI=1S/C19H15ClN2O/c20-16-6-7-18(22-13-14-8-10-21-11-9-14)17(12-16)19(23)15-4-2-1-3-5-15/h1-13,19,23H. The minimum atomic E-state index is -0.778. The molecule has 0 aliphatic heterocycles. The lowest BCUT2D eigenvalue weighted by atomic mass is 10.00. The van der Waals surface area contributed by atoms with E-state index in [2.05, 4.69) is 9.98 Å². The molecule has 3 rings (SSSR count). The highest BCUT2D eigenvalue weighted by Crippen LogP contribution is 2.32. The van der Waals surface area contributed by atoms with E-state index in [1.54, 1.807) is 30.7 Å². The third-order valence-electron chi connectivity index (χ3n) is 3.46. The number of aliphatic hydroxyl groups is 1. The molecule has 1 atom stereocenters. The van der Waals surface area contributed by atoms with Gasteiger partial charge < -0.3 is 5.11 Å². The fraction of sp³-hybridized carbons (Fsp3) is 0.0526. The van der Waals surface area contributed by atoms with E-state index in [1.165, 1.54) is 0 Å². The van der Waals surface area contributed by atoms with E-state index < -0.39 is 6.10 Å². The number of rotatable bonds is 4. The lowest BCUT2D eigenvalue weighted by Crippen LogP contribution is -2.00. The van der Waals surface area contributed by atoms with Gasteiger partial charge in [0.1, 0.15) is 6.10 Å². The first-order valence-corrected chi connectivity index (χ1v) is 7.58. The highest BCUT2D eigenvalue weighted by atomic mass is 35.5. The predicted octanol–water partition coefficient (Wildman–Crippen LogP) is 4.57. The summed E-state index contributed by atoms with van der Waals surface area (Å²) in [5.74, 6) is 0. The molecule has 0 bridgehead atoms. The minimum Gasteiger partial charge on any atom is -0.384 e. The zero-order chi connectivity index (χ0) is 16.1. The Morgan fingerprint density at radius 2 is 1.74 bits per heavy atom. The Morgan fingerprint density at radius 1 is 1.00 bits per heavy atom. The van der Waals surface area contributed by atoms with Crippen molar-refractivity contribution in [2.75, 3.05) is 0 Å². The molecule has 0 radical (unpaired) electrons. The molecule has 0 spiro atoms. The summed E-state index contributed by atoms with van der Waals surface area (Å²) in [5.41, 5.74) is 3.10. The highest BCUT2D eigenvalue weighted by Gasteiger charge is 2.14. The molecule has 4 heteroatoms. The minimum absolute atomic E-state index is 0.567. The fourth-order valence-electron chi connectivity index (χ4n) is 2.27. The van der Waals surface area contributed by atoms with Crippen molar-refractivity contribution in [3.8, 4) is 0 Å². The molecule has 23 heavy (non-hydrogen) atoms. The Balaban J connectivity index is 1.97. The molecule has 1 N–H and O–H groups in total. The molecule has 3 nitrogen and oxygen atoms in total. The van der Waals surface area contributed by atoms with Crippen molar-refractivity contribution in [2.24, 2.45) is 4.99 Å². The van der Waals surface area contributed by atoms with E-state index in [-0.39, 0.29) is 0 Å². The number of aliphatic imine (C=N–C) groups is 1. The van der Waals surface area contributed by atoms with E-state index >= 15 is 0 Å². The van der Waals surface area contributed by atoms with Crippen LogP contribution in [0.25, 0.3) is 0 Å². The maximum absolute atomic E-state index is 10.7. The zero-order valence-electron chi connectivity index (χ0n) is 12.3. The molecule has 1 unspecified atom stereocenters. The molecular weight excluding hydrogens is 308 g/mol. The van der Waals surface area contributed by atoms with Crippen LogP contribution in [-0.2, 0) is 0 Å². The maximum Gasteiger partial charge on any atom is 0.106 e. The molecule has 1 heterocycles. The van der Waals surface area contributed by atoms with Gasteiger partial charge in [0.25, 0.3) is 0 Å². The number of halogens is 1. The summed E-state index contributed by atoms with van der Waals surface area (Å²) in [4.78, 5) is 8.47. The van der Waals surface area contributed by atoms with Crippen LogP contribution in [0.4, 0.5) is 5.69 Å². The summed E-state index contributed by atoms with van der Waals surface area (Å²) in [6.07, 6.45) is 4.39. The summed E-state index contributed by atoms with van der Waals surface area (Å²) in [6, 6.07) is 18.5. The third kappa shape index (κ3) is 3.83. The average Bonchev–Trinajstić information content (AvgIpc) is 2.61. The topological polar surface area (TPSA) is 45.5 Å². The van der Waals surface area contributed by atoms with Crippen LogP contribution in [0.15, 0.2) is 78.0 Å². The number of nitrogens with zero attached hydrogens (tertiary/aromatic N) is 2. The Morgan fingerprint density at radius 3 is 2.48 bits per heavy atom. The number of hydrogen-bond donors (Lipinski definition) is 1. The normalized spacial score (nSPS) is 12.4. The Labute approximate surface area is 139 Å². The fourth-order valence-corrected chi connectivity index (χ4v) is 2.45. The van der Waals surface area contributed by atoms with Crippen LogP contribution in [0.3, 0.4) is 0 Å². The largest absolute Gasteiger partial charge is 0.384 e. The molecule has 0 fully saturated rings. The summed E-state index contributed by atoms with van der Waals surface area (Å²) < 4.78 is 0. The van der Waals surface area contributed by atoms with Gasteiger partial charge in [0.15, 0.2) is 0 Å². The summed E-state index contributed by atoms with van der Waals surface area (Å²) in [6.45, 7) is 0. The van der Waals surface area contributed by atoms with Crippen LogP contribution < -0.4 is 0 Å². The smallest absolute Gasteiger partial charge is 0.106 e. The second-order valence-corrected chi connectivity index (χ2v) is 5.49. The van der Waals surface area contributed by atoms with Gasteiger partial charge in [-0.25, -0.2) is 0 Å². The Hall–Kier alpha value is -2.49. The molecule has 0 amide bonds. The molecular formula is C19H15ClN2O. The third-order valence-corrected chi connectivity index (χ3v) is 3.69. The van der Waals surface area contributed by atoms with Gasteiger partial charge >= 0.3 is 0 Å². The van der Waals surface area contributed by atoms with E-state index in [9.17, 15) is 5.11 Å². The Kier molecular flexibility index (Phi) is 4.81. The van der Waals surface area contributed by atoms with Crippen molar-refractivity contribution in [1.29, 1.82) is 0 Å². The molecule has 1 aromatic heterocycles. The van der Waals surface area contributed by atoms with Crippen LogP contribution in [0, 0.1) is 0 Å². The second kappa shape index (κ2) is 7.18. The molecule has 0 aliphatic carbocycles. The van der Waals surface area contributed by atoms with Gasteiger partial charge in [-0.1, -0.05) is 41.9 Å². The monoisotopic (exact) mass is 322 g/mol. The van der Waals surface area contributed by atoms with Gasteiger partial charge in [-0.05, 0) is 41.5 Å². The van der Waals surface area contributed by atoms with Crippen LogP contribution >= 0.6 is 11.6 Å². The van der Waals surface area contributed by atoms with E-state index in [4.69, 9.17) is 11.6 Å². The first-order chi connectivity index (χ1) is 11.2. The molecule has 0 aliphatic rings. The van der Waals surface area contributed by atoms with Crippen molar-refractivity contribution in [3.05, 3.63) is 94.8 Å². The van der Waals surface area contributed by atoms with Gasteiger partial charge in [-0.2, -0.15) is 0 Å². The molecule has 3 aromatic rings. The number of hydrogen-bond acceptors (Lipinski definition) is 3. The quantitative estimate of drug-likeness (QED) is 0.715. The van der Waals surface area contributed by atoms with E-state index in [1.807, 2.05) is 48.5 Å². The van der Waals surface area contributed by atoms with Gasteiger partial charge in [0.2, 0.25) is 0 Å². The van der Waals surface area contributed by atoms with Crippen LogP contribution in [-0.4, -0.2) is 16.3 Å². The van der Waals surface area contributed by atoms with Gasteiger partial charge in [-0.15, -0.1) is 0 Å². The second-order valence-electron chi connectivity index (χ2n) is 5.06. The summed E-state index contributed by atoms with van der Waals surface area (Å²) >= 11 is 6.09. The van der Waals surface area contributed by atoms with Crippen LogP contribution in [0.1, 0.15) is 22.8 Å². The van der Waals surface area contributed by atoms with Crippen LogP contribution in [0.5, 0.6) is 0 Å². The molecule has 0 saturated carbocycles. The average molecular weight is 323 g/mol. The van der Waals surface area contributed by atoms with E-state index in [0.717, 1.165) is 11.1 Å². The van der Waals surface area contributed by atoms with Gasteiger partial charge in [0.05, 0.1) is 5.69 Å². The van der Waals surface area contributed by atoms with E-state index in [0.29, 0.717) is 16.3 Å². The maximum atomic E-state index is 10.7. The Bertz CT molecular complexity index is 804. The first-order valence-electron chi connectivity index (χ1n) is 7.20. The molecule has 114 valence electrons. The number of aromatic nitrogens is 1. The summed E-state index contributed by atoms with van der Waals surface area (Å²) in [5, 5.41) is 11.2. The SMILES string of the molecule is OC(c1ccccc1)c1cc(Cl)ccc1N=Cc1ccncc1. The van der Waals surface area contributed by atoms with Crippen molar-refractivity contribution in [3.63, 3.8) is 0 Å². The first kappa shape index (κ1) is 15.4. The molecule has 0 saturated heterocycles. The van der Waals surface area contributed by atoms with Crippen molar-refractivity contribution >= 4 is 23.5 Å². The predicted molar refractivity (Wildman–Crippen MR) is 93.4 cm³/mol. The van der Waals surface area contributed by atoms with Gasteiger partial charge in [-0.3, -0.25) is 9.98 Å². The van der Waals surface area contributed by atoms with Crippen molar-refractivity contribution in [1.82, 2.24) is 4.98 Å². The number of pyridine rings is 1. The summed E-state index contributed by atoms with van der Waals surface area (Å²) in [7, 11) is 0. The number of benzene rings is 2. The lowest BCUT2D eigenvalue weighted by molar-refractivity contribution is 0.221. The highest BCUT2D eigenvalue weighted by molar-refractivity contribution is 6.30. The number of aliphatic hydroxyl groups excluding tert-OH is 1. The molecule has 2 aromatic carbocycles. The van der Waals surface area contributed by atoms with Crippen molar-refractivity contribution in [2.45, 2.75) is 6.10 Å². The van der Waals surface area contributed by atoms with Crippen molar-refractivity contribution < 1.29 is 5.11 Å².